The van der Waals surface area contributed by atoms with Crippen molar-refractivity contribution in [2.45, 2.75) is 31.7 Å². The largest absolute Gasteiger partial charge is 0.335 e. The van der Waals surface area contributed by atoms with Crippen LogP contribution in [-0.2, 0) is 0 Å². The highest BCUT2D eigenvalue weighted by Gasteiger charge is 2.28. The molecule has 0 unspecified atom stereocenters. The predicted molar refractivity (Wildman–Crippen MR) is 79.0 cm³/mol. The highest BCUT2D eigenvalue weighted by Crippen LogP contribution is 2.24. The molecule has 0 spiro atoms. The number of carbonyl (C=O) groups is 1. The summed E-state index contributed by atoms with van der Waals surface area (Å²) in [7, 11) is 0. The van der Waals surface area contributed by atoms with Crippen LogP contribution in [0, 0.1) is 0 Å². The average molecular weight is 294 g/mol. The molecule has 1 amide bonds. The van der Waals surface area contributed by atoms with Crippen LogP contribution in [0.4, 0.5) is 0 Å². The summed E-state index contributed by atoms with van der Waals surface area (Å²) in [6.07, 6.45) is 5.36. The van der Waals surface area contributed by atoms with Gasteiger partial charge in [-0.1, -0.05) is 30.5 Å². The first-order valence-electron chi connectivity index (χ1n) is 7.40. The molecule has 1 aliphatic heterocycles. The van der Waals surface area contributed by atoms with E-state index in [1.54, 1.807) is 18.2 Å². The summed E-state index contributed by atoms with van der Waals surface area (Å²) in [5.41, 5.74) is 0.451. The zero-order valence-corrected chi connectivity index (χ0v) is 12.4. The molecular weight excluding hydrogens is 274 g/mol. The van der Waals surface area contributed by atoms with Crippen molar-refractivity contribution in [1.29, 1.82) is 0 Å². The van der Waals surface area contributed by atoms with Gasteiger partial charge in [0.15, 0.2) is 0 Å². The van der Waals surface area contributed by atoms with Crippen LogP contribution in [0.3, 0.4) is 0 Å². The second kappa shape index (κ2) is 6.10. The molecule has 2 aliphatic rings. The first-order chi connectivity index (χ1) is 9.74. The normalized spacial score (nSPS) is 21.4. The lowest BCUT2D eigenvalue weighted by Crippen LogP contribution is -2.51. The Bertz CT molecular complexity index is 480. The molecule has 1 aromatic rings. The van der Waals surface area contributed by atoms with Crippen molar-refractivity contribution in [2.24, 2.45) is 0 Å². The Kier molecular flexibility index (Phi) is 4.22. The fraction of sp³-hybridized carbons (Fsp3) is 0.600. The number of carbonyl (C=O) groups excluding carboxylic acids is 1. The predicted octanol–water partition coefficient (Wildman–Crippen LogP) is 2.44. The van der Waals surface area contributed by atoms with Gasteiger partial charge in [0.25, 0.3) is 5.91 Å². The van der Waals surface area contributed by atoms with E-state index in [1.807, 2.05) is 4.90 Å². The van der Waals surface area contributed by atoms with E-state index >= 15 is 0 Å². The highest BCUT2D eigenvalue weighted by molar-refractivity contribution is 6.29. The fourth-order valence-electron chi connectivity index (χ4n) is 3.25. The number of amides is 1. The average Bonchev–Trinajstić information content (AvgIpc) is 3.01. The summed E-state index contributed by atoms with van der Waals surface area (Å²) in [4.78, 5) is 20.9. The summed E-state index contributed by atoms with van der Waals surface area (Å²) in [6, 6.07) is 5.95. The Balaban J connectivity index is 1.58. The molecule has 0 bridgehead atoms. The van der Waals surface area contributed by atoms with E-state index in [0.717, 1.165) is 32.2 Å². The highest BCUT2D eigenvalue weighted by atomic mass is 35.5. The minimum absolute atomic E-state index is 0.00132. The van der Waals surface area contributed by atoms with Crippen molar-refractivity contribution in [3.05, 3.63) is 29.0 Å². The zero-order valence-electron chi connectivity index (χ0n) is 11.6. The first-order valence-corrected chi connectivity index (χ1v) is 7.78. The van der Waals surface area contributed by atoms with Crippen molar-refractivity contribution < 1.29 is 4.79 Å². The number of rotatable bonds is 2. The number of aromatic nitrogens is 1. The molecule has 2 fully saturated rings. The van der Waals surface area contributed by atoms with E-state index in [2.05, 4.69) is 9.88 Å². The second-order valence-corrected chi connectivity index (χ2v) is 6.00. The third-order valence-corrected chi connectivity index (χ3v) is 4.59. The van der Waals surface area contributed by atoms with Gasteiger partial charge in [0.1, 0.15) is 10.8 Å². The van der Waals surface area contributed by atoms with Gasteiger partial charge in [0.2, 0.25) is 0 Å². The number of piperazine rings is 1. The molecule has 0 radical (unpaired) electrons. The first kappa shape index (κ1) is 13.8. The number of hydrogen-bond acceptors (Lipinski definition) is 3. The molecule has 1 aromatic heterocycles. The van der Waals surface area contributed by atoms with Crippen molar-refractivity contribution in [2.75, 3.05) is 26.2 Å². The molecule has 4 nitrogen and oxygen atoms in total. The lowest BCUT2D eigenvalue weighted by Gasteiger charge is -2.37. The maximum Gasteiger partial charge on any atom is 0.272 e. The Morgan fingerprint density at radius 1 is 1.15 bits per heavy atom. The molecule has 0 aromatic carbocycles. The topological polar surface area (TPSA) is 36.4 Å². The van der Waals surface area contributed by atoms with E-state index in [4.69, 9.17) is 11.6 Å². The number of hydrogen-bond donors (Lipinski definition) is 0. The Morgan fingerprint density at radius 3 is 2.50 bits per heavy atom. The van der Waals surface area contributed by atoms with Crippen LogP contribution in [0.25, 0.3) is 0 Å². The minimum Gasteiger partial charge on any atom is -0.335 e. The molecule has 108 valence electrons. The second-order valence-electron chi connectivity index (χ2n) is 5.61. The van der Waals surface area contributed by atoms with Crippen LogP contribution in [-0.4, -0.2) is 52.9 Å². The van der Waals surface area contributed by atoms with Crippen molar-refractivity contribution in [3.63, 3.8) is 0 Å². The van der Waals surface area contributed by atoms with Gasteiger partial charge in [0.05, 0.1) is 0 Å². The van der Waals surface area contributed by atoms with Gasteiger partial charge in [-0.3, -0.25) is 9.69 Å². The van der Waals surface area contributed by atoms with E-state index in [1.165, 1.54) is 25.7 Å². The fourth-order valence-corrected chi connectivity index (χ4v) is 3.41. The van der Waals surface area contributed by atoms with E-state index < -0.39 is 0 Å². The molecule has 2 heterocycles. The van der Waals surface area contributed by atoms with Gasteiger partial charge in [-0.15, -0.1) is 0 Å². The lowest BCUT2D eigenvalue weighted by atomic mass is 10.1. The van der Waals surface area contributed by atoms with Gasteiger partial charge < -0.3 is 4.90 Å². The third kappa shape index (κ3) is 2.96. The molecule has 0 atom stereocenters. The van der Waals surface area contributed by atoms with Crippen LogP contribution < -0.4 is 0 Å². The summed E-state index contributed by atoms with van der Waals surface area (Å²) in [5, 5.41) is 0.375. The van der Waals surface area contributed by atoms with E-state index in [0.29, 0.717) is 10.8 Å². The maximum atomic E-state index is 12.4. The number of pyridine rings is 1. The molecule has 0 N–H and O–H groups in total. The summed E-state index contributed by atoms with van der Waals surface area (Å²) in [6.45, 7) is 3.56. The molecule has 5 heteroatoms. The summed E-state index contributed by atoms with van der Waals surface area (Å²) in [5.74, 6) is -0.00132. The van der Waals surface area contributed by atoms with Crippen LogP contribution in [0.15, 0.2) is 18.2 Å². The molecule has 20 heavy (non-hydrogen) atoms. The lowest BCUT2D eigenvalue weighted by molar-refractivity contribution is 0.0568. The SMILES string of the molecule is O=C(c1cccc(Cl)n1)N1CCN(C2CCCC2)CC1. The molecule has 1 saturated carbocycles. The van der Waals surface area contributed by atoms with Gasteiger partial charge in [0, 0.05) is 32.2 Å². The Hall–Kier alpha value is -1.13. The standard InChI is InChI=1S/C15H20ClN3O/c16-14-7-3-6-13(17-14)15(20)19-10-8-18(9-11-19)12-4-1-2-5-12/h3,6-7,12H,1-2,4-5,8-11H2. The quantitative estimate of drug-likeness (QED) is 0.786. The smallest absolute Gasteiger partial charge is 0.272 e. The van der Waals surface area contributed by atoms with Gasteiger partial charge in [-0.25, -0.2) is 4.98 Å². The third-order valence-electron chi connectivity index (χ3n) is 4.38. The van der Waals surface area contributed by atoms with Crippen molar-refractivity contribution >= 4 is 17.5 Å². The Morgan fingerprint density at radius 2 is 1.85 bits per heavy atom. The molecule has 3 rings (SSSR count). The molecule has 1 aliphatic carbocycles. The maximum absolute atomic E-state index is 12.4. The van der Waals surface area contributed by atoms with Crippen LogP contribution >= 0.6 is 11.6 Å². The number of nitrogens with zero attached hydrogens (tertiary/aromatic N) is 3. The summed E-state index contributed by atoms with van der Waals surface area (Å²) >= 11 is 5.85. The molecular formula is C15H20ClN3O. The van der Waals surface area contributed by atoms with Crippen molar-refractivity contribution in [3.8, 4) is 0 Å². The van der Waals surface area contributed by atoms with Crippen molar-refractivity contribution in [1.82, 2.24) is 14.8 Å². The monoisotopic (exact) mass is 293 g/mol. The van der Waals surface area contributed by atoms with Crippen LogP contribution in [0.2, 0.25) is 5.15 Å². The molecule has 1 saturated heterocycles. The van der Waals surface area contributed by atoms with E-state index in [-0.39, 0.29) is 5.91 Å². The van der Waals surface area contributed by atoms with E-state index in [9.17, 15) is 4.79 Å². The van der Waals surface area contributed by atoms with Crippen LogP contribution in [0.5, 0.6) is 0 Å². The Labute approximate surface area is 124 Å². The summed E-state index contributed by atoms with van der Waals surface area (Å²) < 4.78 is 0. The van der Waals surface area contributed by atoms with Gasteiger partial charge >= 0.3 is 0 Å². The van der Waals surface area contributed by atoms with Gasteiger partial charge in [-0.2, -0.15) is 0 Å². The van der Waals surface area contributed by atoms with Crippen LogP contribution in [0.1, 0.15) is 36.2 Å². The van der Waals surface area contributed by atoms with Gasteiger partial charge in [-0.05, 0) is 25.0 Å². The number of halogens is 1. The zero-order chi connectivity index (χ0) is 13.9. The minimum atomic E-state index is -0.00132.